The van der Waals surface area contributed by atoms with Gasteiger partial charge in [0.15, 0.2) is 13.2 Å². The Morgan fingerprint density at radius 2 is 1.72 bits per heavy atom. The van der Waals surface area contributed by atoms with E-state index in [-0.39, 0.29) is 17.3 Å². The van der Waals surface area contributed by atoms with E-state index >= 15 is 0 Å². The molecule has 1 amide bonds. The first-order valence-electron chi connectivity index (χ1n) is 7.16. The Labute approximate surface area is 159 Å². The Balaban J connectivity index is 1.83. The third-order valence-corrected chi connectivity index (χ3v) is 4.21. The van der Waals surface area contributed by atoms with Crippen molar-refractivity contribution in [3.8, 4) is 5.75 Å². The second-order valence-corrected chi connectivity index (χ2v) is 6.17. The van der Waals surface area contributed by atoms with Gasteiger partial charge in [0.05, 0.1) is 20.8 Å². The highest BCUT2D eigenvalue weighted by Gasteiger charge is 2.14. The highest BCUT2D eigenvalue weighted by Crippen LogP contribution is 2.32. The second kappa shape index (κ2) is 8.94. The molecular formula is C17H14Cl3NO4. The third-order valence-electron chi connectivity index (χ3n) is 3.10. The Morgan fingerprint density at radius 3 is 2.44 bits per heavy atom. The molecule has 0 unspecified atom stereocenters. The zero-order valence-corrected chi connectivity index (χ0v) is 15.4. The van der Waals surface area contributed by atoms with Crippen LogP contribution in [0.3, 0.4) is 0 Å². The van der Waals surface area contributed by atoms with E-state index in [2.05, 4.69) is 5.32 Å². The summed E-state index contributed by atoms with van der Waals surface area (Å²) in [6.45, 7) is 0.911. The molecule has 0 atom stereocenters. The Bertz CT molecular complexity index is 795. The average Bonchev–Trinajstić information content (AvgIpc) is 2.59. The molecule has 0 aromatic heterocycles. The van der Waals surface area contributed by atoms with Crippen LogP contribution in [0.4, 0.5) is 5.69 Å². The fourth-order valence-electron chi connectivity index (χ4n) is 1.83. The molecule has 0 heterocycles. The molecule has 0 spiro atoms. The van der Waals surface area contributed by atoms with Crippen molar-refractivity contribution in [2.75, 3.05) is 18.5 Å². The zero-order valence-electron chi connectivity index (χ0n) is 13.1. The summed E-state index contributed by atoms with van der Waals surface area (Å²) >= 11 is 18.0. The highest BCUT2D eigenvalue weighted by molar-refractivity contribution is 6.40. The molecule has 0 radical (unpaired) electrons. The number of para-hydroxylation sites is 1. The van der Waals surface area contributed by atoms with Crippen LogP contribution in [0.15, 0.2) is 36.4 Å². The van der Waals surface area contributed by atoms with E-state index in [1.54, 1.807) is 43.3 Å². The van der Waals surface area contributed by atoms with E-state index in [1.807, 2.05) is 0 Å². The number of aryl methyl sites for hydroxylation is 1. The largest absolute Gasteiger partial charge is 0.480 e. The van der Waals surface area contributed by atoms with Crippen molar-refractivity contribution in [1.29, 1.82) is 0 Å². The van der Waals surface area contributed by atoms with Gasteiger partial charge >= 0.3 is 5.97 Å². The monoisotopic (exact) mass is 401 g/mol. The number of hydrogen-bond acceptors (Lipinski definition) is 4. The van der Waals surface area contributed by atoms with Crippen LogP contribution >= 0.6 is 34.8 Å². The Morgan fingerprint density at radius 1 is 1.00 bits per heavy atom. The van der Waals surface area contributed by atoms with Crippen molar-refractivity contribution in [1.82, 2.24) is 0 Å². The molecule has 8 heteroatoms. The molecule has 1 N–H and O–H groups in total. The number of halogens is 3. The van der Waals surface area contributed by atoms with Gasteiger partial charge in [-0.25, -0.2) is 4.79 Å². The maximum absolute atomic E-state index is 11.9. The minimum Gasteiger partial charge on any atom is -0.480 e. The van der Waals surface area contributed by atoms with E-state index in [9.17, 15) is 9.59 Å². The number of anilines is 1. The predicted molar refractivity (Wildman–Crippen MR) is 97.7 cm³/mol. The molecule has 0 saturated carbocycles. The summed E-state index contributed by atoms with van der Waals surface area (Å²) in [5.41, 5.74) is 1.03. The molecule has 132 valence electrons. The van der Waals surface area contributed by atoms with Crippen LogP contribution in [0.5, 0.6) is 5.75 Å². The van der Waals surface area contributed by atoms with E-state index in [1.165, 1.54) is 0 Å². The first-order chi connectivity index (χ1) is 11.9. The smallest absolute Gasteiger partial charge is 0.344 e. The van der Waals surface area contributed by atoms with E-state index < -0.39 is 18.5 Å². The van der Waals surface area contributed by atoms with E-state index in [0.29, 0.717) is 15.8 Å². The summed E-state index contributed by atoms with van der Waals surface area (Å²) in [7, 11) is 0. The lowest BCUT2D eigenvalue weighted by Gasteiger charge is -2.11. The average molecular weight is 403 g/mol. The van der Waals surface area contributed by atoms with Crippen molar-refractivity contribution < 1.29 is 19.1 Å². The molecule has 0 aliphatic carbocycles. The minimum atomic E-state index is -0.712. The molecule has 2 aromatic carbocycles. The first-order valence-corrected chi connectivity index (χ1v) is 8.29. The van der Waals surface area contributed by atoms with Gasteiger partial charge in [-0.1, -0.05) is 53.0 Å². The van der Waals surface area contributed by atoms with Crippen molar-refractivity contribution in [3.63, 3.8) is 0 Å². The summed E-state index contributed by atoms with van der Waals surface area (Å²) in [5.74, 6) is -0.930. The predicted octanol–water partition coefficient (Wildman–Crippen LogP) is 4.52. The van der Waals surface area contributed by atoms with E-state index in [4.69, 9.17) is 44.3 Å². The molecule has 0 saturated heterocycles. The third kappa shape index (κ3) is 5.53. The maximum atomic E-state index is 11.9. The van der Waals surface area contributed by atoms with Gasteiger partial charge in [-0.05, 0) is 30.7 Å². The first kappa shape index (κ1) is 19.4. The molecule has 2 aromatic rings. The van der Waals surface area contributed by atoms with Crippen molar-refractivity contribution in [2.24, 2.45) is 0 Å². The molecule has 5 nitrogen and oxygen atoms in total. The van der Waals surface area contributed by atoms with E-state index in [0.717, 1.165) is 5.56 Å². The van der Waals surface area contributed by atoms with Gasteiger partial charge in [0.1, 0.15) is 5.75 Å². The van der Waals surface area contributed by atoms with Gasteiger partial charge in [0.2, 0.25) is 0 Å². The number of amides is 1. The molecule has 0 bridgehead atoms. The molecule has 25 heavy (non-hydrogen) atoms. The number of esters is 1. The number of nitrogens with one attached hydrogen (secondary N) is 1. The lowest BCUT2D eigenvalue weighted by atomic mass is 10.2. The van der Waals surface area contributed by atoms with Crippen LogP contribution in [0.1, 0.15) is 5.56 Å². The number of ether oxygens (including phenoxy) is 2. The van der Waals surface area contributed by atoms with Crippen molar-refractivity contribution in [2.45, 2.75) is 6.92 Å². The molecule has 0 aliphatic rings. The van der Waals surface area contributed by atoms with Crippen LogP contribution in [0.25, 0.3) is 0 Å². The van der Waals surface area contributed by atoms with Gasteiger partial charge in [-0.15, -0.1) is 0 Å². The summed E-state index contributed by atoms with van der Waals surface area (Å²) in [5, 5.41) is 3.50. The van der Waals surface area contributed by atoms with Crippen LogP contribution in [0, 0.1) is 6.92 Å². The molecular weight excluding hydrogens is 389 g/mol. The normalized spacial score (nSPS) is 10.2. The lowest BCUT2D eigenvalue weighted by molar-refractivity contribution is -0.149. The number of benzene rings is 2. The molecule has 2 rings (SSSR count). The number of rotatable bonds is 6. The van der Waals surface area contributed by atoms with Gasteiger partial charge < -0.3 is 14.8 Å². The highest BCUT2D eigenvalue weighted by atomic mass is 35.5. The zero-order chi connectivity index (χ0) is 18.4. The van der Waals surface area contributed by atoms with Gasteiger partial charge in [0, 0.05) is 0 Å². The van der Waals surface area contributed by atoms with Crippen molar-refractivity contribution in [3.05, 3.63) is 57.0 Å². The standard InChI is InChI=1S/C17H14Cl3NO4/c1-10-6-7-12(19)17(16(10)20)21-14(22)8-25-15(23)9-24-13-5-3-2-4-11(13)18/h2-7H,8-9H2,1H3,(H,21,22). The maximum Gasteiger partial charge on any atom is 0.344 e. The number of carbonyl (C=O) groups excluding carboxylic acids is 2. The Kier molecular flexibility index (Phi) is 6.93. The minimum absolute atomic E-state index is 0.275. The molecule has 0 fully saturated rings. The summed E-state index contributed by atoms with van der Waals surface area (Å²) in [6, 6.07) is 10.0. The van der Waals surface area contributed by atoms with Crippen LogP contribution in [0.2, 0.25) is 15.1 Å². The number of carbonyl (C=O) groups is 2. The van der Waals surface area contributed by atoms with Gasteiger partial charge in [0.25, 0.3) is 5.91 Å². The lowest BCUT2D eigenvalue weighted by Crippen LogP contribution is -2.24. The summed E-state index contributed by atoms with van der Waals surface area (Å²) in [4.78, 5) is 23.5. The molecule has 0 aliphatic heterocycles. The van der Waals surface area contributed by atoms with Crippen LogP contribution < -0.4 is 10.1 Å². The number of hydrogen-bond donors (Lipinski definition) is 1. The van der Waals surface area contributed by atoms with Gasteiger partial charge in [-0.2, -0.15) is 0 Å². The topological polar surface area (TPSA) is 64.6 Å². The second-order valence-electron chi connectivity index (χ2n) is 4.98. The fraction of sp³-hybridized carbons (Fsp3) is 0.176. The van der Waals surface area contributed by atoms with Crippen molar-refractivity contribution >= 4 is 52.4 Å². The SMILES string of the molecule is Cc1ccc(Cl)c(NC(=O)COC(=O)COc2ccccc2Cl)c1Cl. The van der Waals surface area contributed by atoms with Crippen LogP contribution in [-0.2, 0) is 14.3 Å². The van der Waals surface area contributed by atoms with Crippen LogP contribution in [-0.4, -0.2) is 25.1 Å². The Hall–Kier alpha value is -1.95. The summed E-state index contributed by atoms with van der Waals surface area (Å²) < 4.78 is 10.1. The van der Waals surface area contributed by atoms with Gasteiger partial charge in [-0.3, -0.25) is 4.79 Å². The summed E-state index contributed by atoms with van der Waals surface area (Å²) in [6.07, 6.45) is 0. The quantitative estimate of drug-likeness (QED) is 0.722. The fourth-order valence-corrected chi connectivity index (χ4v) is 2.49.